The fraction of sp³-hybridized carbons (Fsp3) is 0.120. The van der Waals surface area contributed by atoms with Crippen molar-refractivity contribution in [2.24, 2.45) is 0 Å². The molecule has 0 bridgehead atoms. The molecular weight excluding hydrogens is 608 g/mol. The normalized spacial score (nSPS) is 14.7. The Labute approximate surface area is 225 Å². The van der Waals surface area contributed by atoms with Crippen LogP contribution in [0.15, 0.2) is 65.6 Å². The lowest BCUT2D eigenvalue weighted by molar-refractivity contribution is -0.123. The molecule has 0 aliphatic carbocycles. The molecule has 1 aliphatic heterocycles. The molecule has 3 aromatic rings. The molecule has 34 heavy (non-hydrogen) atoms. The second kappa shape index (κ2) is 11.0. The van der Waals surface area contributed by atoms with Crippen molar-refractivity contribution in [3.05, 3.63) is 95.9 Å². The SMILES string of the molecule is COc1cc(/C=C2\SC(=O)N(Cc3ccc(Cl)c(Cl)c3)C2=O)ccc1OCc1ccc(I)cc1. The highest BCUT2D eigenvalue weighted by Gasteiger charge is 2.35. The number of imide groups is 1. The van der Waals surface area contributed by atoms with E-state index in [1.54, 1.807) is 43.5 Å². The highest BCUT2D eigenvalue weighted by Crippen LogP contribution is 2.36. The molecule has 1 heterocycles. The number of nitrogens with zero attached hydrogens (tertiary/aromatic N) is 1. The van der Waals surface area contributed by atoms with Gasteiger partial charge in [-0.25, -0.2) is 0 Å². The average Bonchev–Trinajstić information content (AvgIpc) is 3.08. The van der Waals surface area contributed by atoms with E-state index in [0.717, 1.165) is 26.5 Å². The van der Waals surface area contributed by atoms with Crippen LogP contribution < -0.4 is 9.47 Å². The van der Waals surface area contributed by atoms with Gasteiger partial charge >= 0.3 is 0 Å². The Morgan fingerprint density at radius 1 is 0.941 bits per heavy atom. The Morgan fingerprint density at radius 3 is 2.38 bits per heavy atom. The van der Waals surface area contributed by atoms with Gasteiger partial charge in [-0.15, -0.1) is 0 Å². The second-order valence-corrected chi connectivity index (χ2v) is 10.4. The summed E-state index contributed by atoms with van der Waals surface area (Å²) < 4.78 is 12.6. The van der Waals surface area contributed by atoms with E-state index < -0.39 is 0 Å². The van der Waals surface area contributed by atoms with E-state index in [-0.39, 0.29) is 17.7 Å². The van der Waals surface area contributed by atoms with Crippen LogP contribution in [0.3, 0.4) is 0 Å². The Morgan fingerprint density at radius 2 is 1.68 bits per heavy atom. The minimum Gasteiger partial charge on any atom is -0.493 e. The van der Waals surface area contributed by atoms with Gasteiger partial charge in [-0.2, -0.15) is 0 Å². The fourth-order valence-corrected chi connectivity index (χ4v) is 4.76. The number of hydrogen-bond acceptors (Lipinski definition) is 5. The molecule has 0 radical (unpaired) electrons. The third kappa shape index (κ3) is 5.89. The van der Waals surface area contributed by atoms with E-state index >= 15 is 0 Å². The minimum absolute atomic E-state index is 0.119. The third-order valence-corrected chi connectivity index (χ3v) is 7.36. The average molecular weight is 626 g/mol. The minimum atomic E-state index is -0.362. The van der Waals surface area contributed by atoms with Crippen molar-refractivity contribution in [1.29, 1.82) is 0 Å². The van der Waals surface area contributed by atoms with Crippen molar-refractivity contribution in [3.8, 4) is 11.5 Å². The van der Waals surface area contributed by atoms with Gasteiger partial charge in [0.05, 0.1) is 28.6 Å². The van der Waals surface area contributed by atoms with Gasteiger partial charge in [0.1, 0.15) is 6.61 Å². The quantitative estimate of drug-likeness (QED) is 0.202. The molecule has 0 aromatic heterocycles. The molecule has 1 fully saturated rings. The monoisotopic (exact) mass is 625 g/mol. The molecule has 9 heteroatoms. The first-order valence-electron chi connectivity index (χ1n) is 10.1. The Hall–Kier alpha value is -2.20. The second-order valence-electron chi connectivity index (χ2n) is 7.34. The van der Waals surface area contributed by atoms with Crippen LogP contribution >= 0.6 is 57.6 Å². The maximum atomic E-state index is 12.9. The molecule has 174 valence electrons. The molecule has 3 aromatic carbocycles. The maximum Gasteiger partial charge on any atom is 0.293 e. The molecule has 0 spiro atoms. The van der Waals surface area contributed by atoms with Gasteiger partial charge in [0, 0.05) is 3.57 Å². The van der Waals surface area contributed by atoms with E-state index in [0.29, 0.717) is 38.6 Å². The summed E-state index contributed by atoms with van der Waals surface area (Å²) in [5, 5.41) is 0.448. The summed E-state index contributed by atoms with van der Waals surface area (Å²) in [7, 11) is 1.56. The molecule has 1 saturated heterocycles. The van der Waals surface area contributed by atoms with Crippen LogP contribution in [0.1, 0.15) is 16.7 Å². The lowest BCUT2D eigenvalue weighted by Gasteiger charge is -2.13. The zero-order valence-corrected chi connectivity index (χ0v) is 22.4. The van der Waals surface area contributed by atoms with E-state index in [9.17, 15) is 9.59 Å². The number of rotatable bonds is 7. The smallest absolute Gasteiger partial charge is 0.293 e. The number of methoxy groups -OCH3 is 1. The van der Waals surface area contributed by atoms with Crippen molar-refractivity contribution in [2.75, 3.05) is 7.11 Å². The van der Waals surface area contributed by atoms with Crippen LogP contribution in [-0.4, -0.2) is 23.2 Å². The van der Waals surface area contributed by atoms with E-state index in [2.05, 4.69) is 22.6 Å². The highest BCUT2D eigenvalue weighted by atomic mass is 127. The topological polar surface area (TPSA) is 55.8 Å². The number of amides is 2. The number of carbonyl (C=O) groups is 2. The summed E-state index contributed by atoms with van der Waals surface area (Å²) in [6.07, 6.45) is 1.67. The van der Waals surface area contributed by atoms with Gasteiger partial charge in [0.25, 0.3) is 11.1 Å². The van der Waals surface area contributed by atoms with Crippen LogP contribution in [-0.2, 0) is 17.9 Å². The van der Waals surface area contributed by atoms with E-state index in [1.165, 1.54) is 4.90 Å². The van der Waals surface area contributed by atoms with Crippen molar-refractivity contribution in [1.82, 2.24) is 4.90 Å². The molecule has 0 N–H and O–H groups in total. The number of carbonyl (C=O) groups excluding carboxylic acids is 2. The lowest BCUT2D eigenvalue weighted by Crippen LogP contribution is -2.27. The largest absolute Gasteiger partial charge is 0.493 e. The van der Waals surface area contributed by atoms with Crippen molar-refractivity contribution in [3.63, 3.8) is 0 Å². The number of benzene rings is 3. The summed E-state index contributed by atoms with van der Waals surface area (Å²) >= 11 is 15.2. The summed E-state index contributed by atoms with van der Waals surface area (Å²) in [6.45, 7) is 0.522. The van der Waals surface area contributed by atoms with Crippen molar-refractivity contribution < 1.29 is 19.1 Å². The van der Waals surface area contributed by atoms with E-state index in [4.69, 9.17) is 32.7 Å². The van der Waals surface area contributed by atoms with Gasteiger partial charge in [0.15, 0.2) is 11.5 Å². The summed E-state index contributed by atoms with van der Waals surface area (Å²) in [4.78, 5) is 26.9. The summed E-state index contributed by atoms with van der Waals surface area (Å²) in [5.41, 5.74) is 2.48. The Bertz CT molecular complexity index is 1280. The van der Waals surface area contributed by atoms with Crippen LogP contribution in [0.2, 0.25) is 10.0 Å². The van der Waals surface area contributed by atoms with Crippen molar-refractivity contribution >= 4 is 74.8 Å². The summed E-state index contributed by atoms with van der Waals surface area (Å²) in [6, 6.07) is 18.5. The Kier molecular flexibility index (Phi) is 8.08. The van der Waals surface area contributed by atoms with E-state index in [1.807, 2.05) is 30.3 Å². The number of hydrogen-bond donors (Lipinski definition) is 0. The van der Waals surface area contributed by atoms with Gasteiger partial charge in [-0.3, -0.25) is 14.5 Å². The molecule has 0 unspecified atom stereocenters. The number of halogens is 3. The number of thioether (sulfide) groups is 1. The maximum absolute atomic E-state index is 12.9. The lowest BCUT2D eigenvalue weighted by atomic mass is 10.1. The van der Waals surface area contributed by atoms with Gasteiger partial charge in [-0.05, 0) is 93.5 Å². The molecule has 4 rings (SSSR count). The summed E-state index contributed by atoms with van der Waals surface area (Å²) in [5.74, 6) is 0.763. The third-order valence-electron chi connectivity index (χ3n) is 4.99. The fourth-order valence-electron chi connectivity index (χ4n) is 3.24. The van der Waals surface area contributed by atoms with Crippen LogP contribution in [0.5, 0.6) is 11.5 Å². The molecule has 0 atom stereocenters. The zero-order valence-electron chi connectivity index (χ0n) is 17.9. The van der Waals surface area contributed by atoms with Crippen LogP contribution in [0, 0.1) is 3.57 Å². The predicted octanol–water partition coefficient (Wildman–Crippen LogP) is 7.42. The molecule has 5 nitrogen and oxygen atoms in total. The predicted molar refractivity (Wildman–Crippen MR) is 144 cm³/mol. The first-order valence-corrected chi connectivity index (χ1v) is 12.7. The highest BCUT2D eigenvalue weighted by molar-refractivity contribution is 14.1. The zero-order chi connectivity index (χ0) is 24.2. The van der Waals surface area contributed by atoms with Crippen molar-refractivity contribution in [2.45, 2.75) is 13.2 Å². The molecule has 1 aliphatic rings. The van der Waals surface area contributed by atoms with Gasteiger partial charge < -0.3 is 9.47 Å². The van der Waals surface area contributed by atoms with Crippen LogP contribution in [0.4, 0.5) is 4.79 Å². The number of ether oxygens (including phenoxy) is 2. The van der Waals surface area contributed by atoms with Gasteiger partial charge in [-0.1, -0.05) is 47.5 Å². The van der Waals surface area contributed by atoms with Crippen LogP contribution in [0.25, 0.3) is 6.08 Å². The van der Waals surface area contributed by atoms with Gasteiger partial charge in [0.2, 0.25) is 0 Å². The molecule has 0 saturated carbocycles. The molecule has 2 amide bonds. The first kappa shape index (κ1) is 24.9. The Balaban J connectivity index is 1.48. The first-order chi connectivity index (χ1) is 16.3. The molecular formula is C25H18Cl2INO4S. The standard InChI is InChI=1S/C25H18Cl2INO4S/c1-32-22-11-16(5-9-21(22)33-14-15-2-6-18(28)7-3-15)12-23-24(30)29(25(31)34-23)13-17-4-8-19(26)20(27)10-17/h2-12H,13-14H2,1H3/b23-12-.